The average Bonchev–Trinajstić information content (AvgIpc) is 2.72. The van der Waals surface area contributed by atoms with E-state index in [0.717, 1.165) is 16.8 Å². The molecule has 1 heterocycles. The maximum absolute atomic E-state index is 12.5. The molecule has 0 aliphatic rings. The average molecular weight is 362 g/mol. The lowest BCUT2D eigenvalue weighted by Crippen LogP contribution is -2.33. The normalized spacial score (nSPS) is 11.5. The second kappa shape index (κ2) is 8.85. The van der Waals surface area contributed by atoms with Crippen molar-refractivity contribution in [2.45, 2.75) is 13.0 Å². The summed E-state index contributed by atoms with van der Waals surface area (Å²) < 4.78 is 11.0. The highest BCUT2D eigenvalue weighted by Crippen LogP contribution is 2.27. The lowest BCUT2D eigenvalue weighted by atomic mass is 10.0. The molecule has 27 heavy (non-hydrogen) atoms. The van der Waals surface area contributed by atoms with E-state index >= 15 is 0 Å². The van der Waals surface area contributed by atoms with Crippen molar-refractivity contribution in [1.29, 1.82) is 0 Å². The van der Waals surface area contributed by atoms with Crippen LogP contribution in [0.4, 0.5) is 0 Å². The minimum absolute atomic E-state index is 0.115. The molecule has 0 saturated carbocycles. The summed E-state index contributed by atoms with van der Waals surface area (Å²) >= 11 is 0. The van der Waals surface area contributed by atoms with Gasteiger partial charge in [-0.2, -0.15) is 0 Å². The number of hydrogen-bond donors (Lipinski definition) is 1. The number of amides is 1. The number of rotatable bonds is 7. The quantitative estimate of drug-likeness (QED) is 0.696. The van der Waals surface area contributed by atoms with Gasteiger partial charge in [0.25, 0.3) is 5.91 Å². The van der Waals surface area contributed by atoms with E-state index in [4.69, 9.17) is 9.47 Å². The number of methoxy groups -OCH3 is 1. The minimum Gasteiger partial charge on any atom is -0.493 e. The number of benzene rings is 2. The molecule has 5 nitrogen and oxygen atoms in total. The lowest BCUT2D eigenvalue weighted by molar-refractivity contribution is -0.123. The van der Waals surface area contributed by atoms with E-state index in [1.807, 2.05) is 67.6 Å². The smallest absolute Gasteiger partial charge is 0.258 e. The van der Waals surface area contributed by atoms with Crippen molar-refractivity contribution in [2.24, 2.45) is 0 Å². The molecule has 1 atom stereocenters. The lowest BCUT2D eigenvalue weighted by Gasteiger charge is -2.19. The molecule has 138 valence electrons. The van der Waals surface area contributed by atoms with Gasteiger partial charge in [0.2, 0.25) is 0 Å². The molecular formula is C22H22N2O3. The van der Waals surface area contributed by atoms with Crippen LogP contribution >= 0.6 is 0 Å². The van der Waals surface area contributed by atoms with Crippen molar-refractivity contribution < 1.29 is 14.3 Å². The first-order chi connectivity index (χ1) is 13.2. The fourth-order valence-corrected chi connectivity index (χ4v) is 2.76. The van der Waals surface area contributed by atoms with Crippen LogP contribution in [0.2, 0.25) is 0 Å². The zero-order valence-electron chi connectivity index (χ0n) is 15.4. The molecule has 0 aliphatic carbocycles. The minimum atomic E-state index is -0.344. The number of ether oxygens (including phenoxy) is 2. The van der Waals surface area contributed by atoms with Crippen molar-refractivity contribution >= 4 is 5.91 Å². The van der Waals surface area contributed by atoms with Crippen LogP contribution in [0.5, 0.6) is 11.5 Å². The molecule has 0 aliphatic heterocycles. The molecule has 0 fully saturated rings. The van der Waals surface area contributed by atoms with Crippen LogP contribution in [0.1, 0.15) is 22.9 Å². The number of aryl methyl sites for hydroxylation is 1. The Morgan fingerprint density at radius 3 is 2.52 bits per heavy atom. The summed E-state index contributed by atoms with van der Waals surface area (Å²) in [4.78, 5) is 16.9. The predicted molar refractivity (Wildman–Crippen MR) is 104 cm³/mol. The van der Waals surface area contributed by atoms with E-state index in [-0.39, 0.29) is 18.6 Å². The first-order valence-electron chi connectivity index (χ1n) is 8.70. The molecule has 1 aromatic heterocycles. The first kappa shape index (κ1) is 18.5. The summed E-state index contributed by atoms with van der Waals surface area (Å²) in [6.45, 7) is 1.85. The third-order valence-corrected chi connectivity index (χ3v) is 4.10. The summed E-state index contributed by atoms with van der Waals surface area (Å²) in [5, 5.41) is 3.00. The number of nitrogens with zero attached hydrogens (tertiary/aromatic N) is 1. The molecule has 3 rings (SSSR count). The van der Waals surface area contributed by atoms with Gasteiger partial charge in [0.1, 0.15) is 0 Å². The fraction of sp³-hybridized carbons (Fsp3) is 0.182. The highest BCUT2D eigenvalue weighted by Gasteiger charge is 2.18. The van der Waals surface area contributed by atoms with Gasteiger partial charge in [-0.1, -0.05) is 42.5 Å². The summed E-state index contributed by atoms with van der Waals surface area (Å²) in [5.74, 6) is 0.900. The standard InChI is InChI=1S/C22H22N2O3/c1-16-11-12-19(20(14-16)26-2)27-15-21(25)24-22(17-8-4-3-5-9-17)18-10-6-7-13-23-18/h3-14,22H,15H2,1-2H3,(H,24,25). The van der Waals surface area contributed by atoms with Crippen LogP contribution in [0, 0.1) is 6.92 Å². The third-order valence-electron chi connectivity index (χ3n) is 4.10. The maximum atomic E-state index is 12.5. The van der Waals surface area contributed by atoms with Crippen LogP contribution in [-0.2, 0) is 4.79 Å². The number of nitrogens with one attached hydrogen (secondary N) is 1. The van der Waals surface area contributed by atoms with Gasteiger partial charge >= 0.3 is 0 Å². The number of hydrogen-bond acceptors (Lipinski definition) is 4. The number of carbonyl (C=O) groups is 1. The molecule has 1 amide bonds. The van der Waals surface area contributed by atoms with E-state index < -0.39 is 0 Å². The largest absolute Gasteiger partial charge is 0.493 e. The Bertz CT molecular complexity index is 843. The third kappa shape index (κ3) is 4.85. The molecule has 2 aromatic carbocycles. The Labute approximate surface area is 159 Å². The summed E-state index contributed by atoms with van der Waals surface area (Å²) in [5.41, 5.74) is 2.78. The van der Waals surface area contributed by atoms with E-state index in [2.05, 4.69) is 10.3 Å². The van der Waals surface area contributed by atoms with Gasteiger partial charge in [0.15, 0.2) is 18.1 Å². The highest BCUT2D eigenvalue weighted by molar-refractivity contribution is 5.78. The summed E-state index contributed by atoms with van der Waals surface area (Å²) in [7, 11) is 1.58. The van der Waals surface area contributed by atoms with Crippen molar-refractivity contribution in [3.8, 4) is 11.5 Å². The predicted octanol–water partition coefficient (Wildman–Crippen LogP) is 3.68. The van der Waals surface area contributed by atoms with Crippen molar-refractivity contribution in [2.75, 3.05) is 13.7 Å². The first-order valence-corrected chi connectivity index (χ1v) is 8.70. The van der Waals surface area contributed by atoms with Crippen LogP contribution in [-0.4, -0.2) is 24.6 Å². The molecule has 0 bridgehead atoms. The SMILES string of the molecule is COc1cc(C)ccc1OCC(=O)NC(c1ccccc1)c1ccccn1. The van der Waals surface area contributed by atoms with Gasteiger partial charge in [-0.25, -0.2) is 0 Å². The highest BCUT2D eigenvalue weighted by atomic mass is 16.5. The summed E-state index contributed by atoms with van der Waals surface area (Å²) in [6.07, 6.45) is 1.71. The maximum Gasteiger partial charge on any atom is 0.258 e. The van der Waals surface area contributed by atoms with Crippen molar-refractivity contribution in [3.63, 3.8) is 0 Å². The number of aromatic nitrogens is 1. The topological polar surface area (TPSA) is 60.5 Å². The van der Waals surface area contributed by atoms with Crippen LogP contribution in [0.15, 0.2) is 72.9 Å². The molecule has 0 saturated heterocycles. The molecule has 5 heteroatoms. The van der Waals surface area contributed by atoms with Crippen LogP contribution < -0.4 is 14.8 Å². The van der Waals surface area contributed by atoms with Gasteiger partial charge < -0.3 is 14.8 Å². The Balaban J connectivity index is 1.72. The Morgan fingerprint density at radius 1 is 1.04 bits per heavy atom. The Kier molecular flexibility index (Phi) is 6.05. The number of carbonyl (C=O) groups excluding carboxylic acids is 1. The van der Waals surface area contributed by atoms with Gasteiger partial charge in [0.05, 0.1) is 18.8 Å². The Morgan fingerprint density at radius 2 is 1.81 bits per heavy atom. The zero-order valence-corrected chi connectivity index (χ0v) is 15.4. The van der Waals surface area contributed by atoms with Crippen LogP contribution in [0.3, 0.4) is 0 Å². The van der Waals surface area contributed by atoms with Gasteiger partial charge in [-0.3, -0.25) is 9.78 Å². The molecule has 1 unspecified atom stereocenters. The summed E-state index contributed by atoms with van der Waals surface area (Å²) in [6, 6.07) is 20.6. The molecule has 3 aromatic rings. The van der Waals surface area contributed by atoms with Gasteiger partial charge in [0, 0.05) is 6.20 Å². The van der Waals surface area contributed by atoms with Gasteiger partial charge in [-0.05, 0) is 42.3 Å². The van der Waals surface area contributed by atoms with Gasteiger partial charge in [-0.15, -0.1) is 0 Å². The van der Waals surface area contributed by atoms with Crippen molar-refractivity contribution in [3.05, 3.63) is 89.7 Å². The monoisotopic (exact) mass is 362 g/mol. The Hall–Kier alpha value is -3.34. The zero-order chi connectivity index (χ0) is 19.1. The second-order valence-corrected chi connectivity index (χ2v) is 6.11. The van der Waals surface area contributed by atoms with Crippen LogP contribution in [0.25, 0.3) is 0 Å². The molecule has 0 radical (unpaired) electrons. The van der Waals surface area contributed by atoms with Crippen molar-refractivity contribution in [1.82, 2.24) is 10.3 Å². The number of pyridine rings is 1. The fourth-order valence-electron chi connectivity index (χ4n) is 2.76. The van der Waals surface area contributed by atoms with E-state index in [0.29, 0.717) is 11.5 Å². The van der Waals surface area contributed by atoms with E-state index in [9.17, 15) is 4.79 Å². The molecular weight excluding hydrogens is 340 g/mol. The molecule has 0 spiro atoms. The second-order valence-electron chi connectivity index (χ2n) is 6.11. The van der Waals surface area contributed by atoms with E-state index in [1.54, 1.807) is 19.4 Å². The van der Waals surface area contributed by atoms with E-state index in [1.165, 1.54) is 0 Å². The molecule has 1 N–H and O–H groups in total.